The Hall–Kier alpha value is -4.48. The Kier molecular flexibility index (Phi) is 8.00. The van der Waals surface area contributed by atoms with Crippen LogP contribution in [0.4, 0.5) is 10.7 Å². The van der Waals surface area contributed by atoms with E-state index < -0.39 is 22.2 Å². The fourth-order valence-corrected chi connectivity index (χ4v) is 6.57. The zero-order chi connectivity index (χ0) is 30.0. The lowest BCUT2D eigenvalue weighted by Gasteiger charge is -2.37. The number of nitrogens with one attached hydrogen (secondary N) is 2. The summed E-state index contributed by atoms with van der Waals surface area (Å²) in [7, 11) is -3.98. The van der Waals surface area contributed by atoms with Gasteiger partial charge in [0.1, 0.15) is 12.7 Å². The predicted octanol–water partition coefficient (Wildman–Crippen LogP) is 4.82. The fraction of sp³-hybridized carbons (Fsp3) is 0.281. The van der Waals surface area contributed by atoms with E-state index in [0.717, 1.165) is 27.8 Å². The number of hydrogen-bond donors (Lipinski definition) is 2. The number of carbonyl (C=O) groups excluding carboxylic acids is 1. The smallest absolute Gasteiger partial charge is 0.410 e. The Morgan fingerprint density at radius 1 is 0.977 bits per heavy atom. The number of hydrogen-bond acceptors (Lipinski definition) is 8. The van der Waals surface area contributed by atoms with Crippen LogP contribution in [-0.2, 0) is 27.9 Å². The molecule has 3 heterocycles. The van der Waals surface area contributed by atoms with Crippen molar-refractivity contribution in [2.45, 2.75) is 50.5 Å². The van der Waals surface area contributed by atoms with E-state index in [4.69, 9.17) is 9.47 Å². The van der Waals surface area contributed by atoms with Gasteiger partial charge in [0.05, 0.1) is 17.1 Å². The van der Waals surface area contributed by atoms with Crippen LogP contribution in [0.25, 0.3) is 11.3 Å². The minimum atomic E-state index is -3.98. The van der Waals surface area contributed by atoms with Crippen molar-refractivity contribution in [2.75, 3.05) is 17.8 Å². The van der Waals surface area contributed by atoms with Crippen molar-refractivity contribution in [2.24, 2.45) is 0 Å². The molecule has 2 N–H and O–H groups in total. The Morgan fingerprint density at radius 3 is 2.53 bits per heavy atom. The molecule has 6 bridgehead atoms. The molecular weight excluding hydrogens is 566 g/mol. The molecule has 2 aliphatic rings. The molecule has 3 aromatic carbocycles. The standard InChI is InChI=1S/C32H33N5O5S/c1-21-8-6-9-22(2)30(21)28-16-29-35-31(34-28)36-43(39,40)27-13-7-12-24(14-27)17-33-25-15-26(42-29)19-37(18-25)32(38)41-20-23-10-4-3-5-11-23/h3-14,16,25-26,33H,15,17-20H2,1-2H3,(H,34,35,36)/t25?,26-/m0/s1. The molecule has 43 heavy (non-hydrogen) atoms. The summed E-state index contributed by atoms with van der Waals surface area (Å²) in [4.78, 5) is 24.0. The Labute approximate surface area is 251 Å². The second kappa shape index (κ2) is 12.0. The third kappa shape index (κ3) is 6.63. The lowest BCUT2D eigenvalue weighted by atomic mass is 10.00. The predicted molar refractivity (Wildman–Crippen MR) is 162 cm³/mol. The van der Waals surface area contributed by atoms with Gasteiger partial charge in [0.25, 0.3) is 10.0 Å². The number of likely N-dealkylation sites (tertiary alicyclic amines) is 1. The molecule has 222 valence electrons. The van der Waals surface area contributed by atoms with E-state index in [1.807, 2.05) is 68.4 Å². The summed E-state index contributed by atoms with van der Waals surface area (Å²) in [5, 5.41) is 3.48. The van der Waals surface area contributed by atoms with E-state index in [0.29, 0.717) is 25.2 Å². The summed E-state index contributed by atoms with van der Waals surface area (Å²) in [6.07, 6.45) is -0.263. The van der Waals surface area contributed by atoms with Gasteiger partial charge >= 0.3 is 6.09 Å². The number of anilines is 1. The molecular formula is C32H33N5O5S. The first kappa shape index (κ1) is 28.6. The highest BCUT2D eigenvalue weighted by Gasteiger charge is 2.33. The maximum Gasteiger partial charge on any atom is 0.410 e. The molecule has 1 saturated heterocycles. The summed E-state index contributed by atoms with van der Waals surface area (Å²) < 4.78 is 41.4. The van der Waals surface area contributed by atoms with Gasteiger partial charge < -0.3 is 19.7 Å². The number of aryl methyl sites for hydroxylation is 2. The number of fused-ring (bicyclic) bond motifs is 6. The van der Waals surface area contributed by atoms with E-state index in [-0.39, 0.29) is 35.9 Å². The van der Waals surface area contributed by atoms with Crippen LogP contribution >= 0.6 is 0 Å². The summed E-state index contributed by atoms with van der Waals surface area (Å²) in [6, 6.07) is 23.8. The molecule has 4 aromatic rings. The number of rotatable bonds is 3. The van der Waals surface area contributed by atoms with Crippen LogP contribution < -0.4 is 14.8 Å². The monoisotopic (exact) mass is 599 g/mol. The van der Waals surface area contributed by atoms with Crippen molar-refractivity contribution < 1.29 is 22.7 Å². The summed E-state index contributed by atoms with van der Waals surface area (Å²) in [5.41, 5.74) is 5.05. The topological polar surface area (TPSA) is 123 Å². The molecule has 1 fully saturated rings. The largest absolute Gasteiger partial charge is 0.472 e. The average Bonchev–Trinajstić information content (AvgIpc) is 2.98. The molecule has 0 aliphatic carbocycles. The second-order valence-electron chi connectivity index (χ2n) is 10.9. The first-order chi connectivity index (χ1) is 20.7. The van der Waals surface area contributed by atoms with Gasteiger partial charge in [0.2, 0.25) is 11.8 Å². The third-order valence-corrected chi connectivity index (χ3v) is 8.96. The van der Waals surface area contributed by atoms with Gasteiger partial charge in [-0.3, -0.25) is 0 Å². The fourth-order valence-electron chi connectivity index (χ4n) is 5.56. The maximum atomic E-state index is 13.4. The van der Waals surface area contributed by atoms with Crippen molar-refractivity contribution in [3.63, 3.8) is 0 Å². The number of ether oxygens (including phenoxy) is 2. The van der Waals surface area contributed by atoms with Gasteiger partial charge in [-0.15, -0.1) is 0 Å². The SMILES string of the molecule is Cc1cccc(C)c1-c1cc2nc(n1)NS(=O)(=O)c1cccc(c1)CNC1C[C@@H](CN(C(=O)OCc3ccccc3)C1)O2. The summed E-state index contributed by atoms with van der Waals surface area (Å²) in [5.74, 6) is 0.113. The van der Waals surface area contributed by atoms with Crippen molar-refractivity contribution in [3.8, 4) is 17.1 Å². The van der Waals surface area contributed by atoms with Gasteiger partial charge in [-0.2, -0.15) is 4.98 Å². The zero-order valence-electron chi connectivity index (χ0n) is 24.0. The molecule has 1 amide bonds. The van der Waals surface area contributed by atoms with E-state index in [2.05, 4.69) is 20.0 Å². The zero-order valence-corrected chi connectivity index (χ0v) is 24.8. The van der Waals surface area contributed by atoms with E-state index in [1.165, 1.54) is 6.07 Å². The van der Waals surface area contributed by atoms with Crippen LogP contribution in [-0.4, -0.2) is 54.6 Å². The number of nitrogens with zero attached hydrogens (tertiary/aromatic N) is 3. The van der Waals surface area contributed by atoms with E-state index >= 15 is 0 Å². The quantitative estimate of drug-likeness (QED) is 0.344. The van der Waals surface area contributed by atoms with Crippen molar-refractivity contribution >= 4 is 22.1 Å². The van der Waals surface area contributed by atoms with Gasteiger partial charge in [-0.25, -0.2) is 22.9 Å². The molecule has 2 aliphatic heterocycles. The van der Waals surface area contributed by atoms with Crippen LogP contribution in [0.15, 0.2) is 83.8 Å². The van der Waals surface area contributed by atoms with Crippen molar-refractivity contribution in [3.05, 3.63) is 101 Å². The average molecular weight is 600 g/mol. The second-order valence-corrected chi connectivity index (χ2v) is 12.6. The molecule has 0 saturated carbocycles. The number of sulfonamides is 1. The lowest BCUT2D eigenvalue weighted by Crippen LogP contribution is -2.54. The summed E-state index contributed by atoms with van der Waals surface area (Å²) >= 11 is 0. The molecule has 2 atom stereocenters. The van der Waals surface area contributed by atoms with Gasteiger partial charge in [0, 0.05) is 37.2 Å². The normalized spacial score (nSPS) is 19.3. The molecule has 0 spiro atoms. The van der Waals surface area contributed by atoms with Crippen LogP contribution in [0.3, 0.4) is 0 Å². The van der Waals surface area contributed by atoms with Crippen LogP contribution in [0.5, 0.6) is 5.88 Å². The minimum Gasteiger partial charge on any atom is -0.472 e. The van der Waals surface area contributed by atoms with Crippen molar-refractivity contribution in [1.82, 2.24) is 20.2 Å². The third-order valence-electron chi connectivity index (χ3n) is 7.63. The van der Waals surface area contributed by atoms with Crippen LogP contribution in [0.1, 0.15) is 28.7 Å². The molecule has 10 nitrogen and oxygen atoms in total. The van der Waals surface area contributed by atoms with E-state index in [9.17, 15) is 13.2 Å². The first-order valence-corrected chi connectivity index (χ1v) is 15.6. The Bertz CT molecular complexity index is 1730. The molecule has 6 rings (SSSR count). The number of piperidine rings is 1. The molecule has 1 unspecified atom stereocenters. The molecule has 0 radical (unpaired) electrons. The highest BCUT2D eigenvalue weighted by molar-refractivity contribution is 7.92. The maximum absolute atomic E-state index is 13.4. The van der Waals surface area contributed by atoms with Gasteiger partial charge in [-0.05, 0) is 48.2 Å². The lowest BCUT2D eigenvalue weighted by molar-refractivity contribution is 0.0419. The van der Waals surface area contributed by atoms with Gasteiger partial charge in [-0.1, -0.05) is 60.7 Å². The Balaban J connectivity index is 1.36. The number of amides is 1. The highest BCUT2D eigenvalue weighted by Crippen LogP contribution is 2.30. The minimum absolute atomic E-state index is 0.0952. The van der Waals surface area contributed by atoms with Crippen LogP contribution in [0, 0.1) is 13.8 Å². The van der Waals surface area contributed by atoms with Crippen LogP contribution in [0.2, 0.25) is 0 Å². The number of carbonyl (C=O) groups is 1. The Morgan fingerprint density at radius 2 is 1.74 bits per heavy atom. The molecule has 11 heteroatoms. The highest BCUT2D eigenvalue weighted by atomic mass is 32.2. The number of aromatic nitrogens is 2. The molecule has 1 aromatic heterocycles. The number of benzene rings is 3. The van der Waals surface area contributed by atoms with E-state index in [1.54, 1.807) is 23.1 Å². The first-order valence-electron chi connectivity index (χ1n) is 14.2. The van der Waals surface area contributed by atoms with Gasteiger partial charge in [0.15, 0.2) is 0 Å². The summed E-state index contributed by atoms with van der Waals surface area (Å²) in [6.45, 7) is 5.22. The van der Waals surface area contributed by atoms with Crippen molar-refractivity contribution in [1.29, 1.82) is 0 Å².